The molecule has 17 nitrogen and oxygen atoms in total. The third-order valence-corrected chi connectivity index (χ3v) is 16.7. The summed E-state index contributed by atoms with van der Waals surface area (Å²) in [4.78, 5) is 71.8. The second-order valence-electron chi connectivity index (χ2n) is 23.6. The van der Waals surface area contributed by atoms with Gasteiger partial charge in [-0.25, -0.2) is 9.13 Å². The zero-order valence-corrected chi connectivity index (χ0v) is 55.1. The van der Waals surface area contributed by atoms with Gasteiger partial charge in [-0.1, -0.05) is 272 Å². The van der Waals surface area contributed by atoms with Gasteiger partial charge in [-0.2, -0.15) is 0 Å². The van der Waals surface area contributed by atoms with Crippen LogP contribution in [0.3, 0.4) is 0 Å². The molecule has 0 aromatic rings. The van der Waals surface area contributed by atoms with E-state index in [1.165, 1.54) is 128 Å². The number of phosphoric ester groups is 2. The molecular formula is C64H124O17P2. The normalized spacial score (nSPS) is 14.2. The van der Waals surface area contributed by atoms with Crippen molar-refractivity contribution in [3.05, 3.63) is 0 Å². The van der Waals surface area contributed by atoms with Crippen LogP contribution in [0.25, 0.3) is 0 Å². The Morgan fingerprint density at radius 3 is 0.819 bits per heavy atom. The molecule has 0 amide bonds. The van der Waals surface area contributed by atoms with Crippen molar-refractivity contribution in [2.75, 3.05) is 39.6 Å². The van der Waals surface area contributed by atoms with Gasteiger partial charge < -0.3 is 33.8 Å². The first-order valence-corrected chi connectivity index (χ1v) is 36.6. The monoisotopic (exact) mass is 1230 g/mol. The Morgan fingerprint density at radius 2 is 0.554 bits per heavy atom. The summed E-state index contributed by atoms with van der Waals surface area (Å²) in [5, 5.41) is 10.5. The summed E-state index contributed by atoms with van der Waals surface area (Å²) in [6.45, 7) is 7.09. The minimum absolute atomic E-state index is 0.103. The highest BCUT2D eigenvalue weighted by Gasteiger charge is 2.30. The molecule has 2 unspecified atom stereocenters. The minimum Gasteiger partial charge on any atom is -0.462 e. The third kappa shape index (κ3) is 58.8. The molecule has 0 heterocycles. The summed E-state index contributed by atoms with van der Waals surface area (Å²) in [5.74, 6) is -1.35. The van der Waals surface area contributed by atoms with E-state index in [1.54, 1.807) is 0 Å². The Morgan fingerprint density at radius 1 is 0.325 bits per heavy atom. The molecule has 0 saturated carbocycles. The van der Waals surface area contributed by atoms with Gasteiger partial charge in [-0.15, -0.1) is 0 Å². The fourth-order valence-corrected chi connectivity index (χ4v) is 11.2. The van der Waals surface area contributed by atoms with Crippen LogP contribution in [-0.4, -0.2) is 96.7 Å². The SMILES string of the molecule is CCCCCCCCCCCCCCCCC(=O)OC[C@H](COP(=O)(O)OC[C@@H](O)COP(=O)(O)OC[C@@H](COC(=O)CCCCCCC)OC(=O)CCCCCCCCC)OC(=O)CCCCCCCCCCCCCCCCC(C)C. The number of carbonyl (C=O) groups excluding carboxylic acids is 4. The van der Waals surface area contributed by atoms with Crippen LogP contribution in [0.5, 0.6) is 0 Å². The third-order valence-electron chi connectivity index (χ3n) is 14.8. The Labute approximate surface area is 505 Å². The lowest BCUT2D eigenvalue weighted by atomic mass is 10.0. The second-order valence-corrected chi connectivity index (χ2v) is 26.5. The zero-order chi connectivity index (χ0) is 61.3. The number of rotatable bonds is 64. The number of aliphatic hydroxyl groups is 1. The van der Waals surface area contributed by atoms with Crippen LogP contribution in [0.1, 0.15) is 324 Å². The quantitative estimate of drug-likeness (QED) is 0.0222. The van der Waals surface area contributed by atoms with Gasteiger partial charge in [0.25, 0.3) is 0 Å². The number of esters is 4. The molecule has 0 saturated heterocycles. The summed E-state index contributed by atoms with van der Waals surface area (Å²) < 4.78 is 67.7. The lowest BCUT2D eigenvalue weighted by molar-refractivity contribution is -0.161. The predicted octanol–water partition coefficient (Wildman–Crippen LogP) is 17.8. The van der Waals surface area contributed by atoms with E-state index < -0.39 is 97.5 Å². The van der Waals surface area contributed by atoms with Crippen molar-refractivity contribution in [3.8, 4) is 0 Å². The Hall–Kier alpha value is -1.94. The summed E-state index contributed by atoms with van der Waals surface area (Å²) >= 11 is 0. The molecule has 0 rings (SSSR count). The number of carbonyl (C=O) groups is 4. The van der Waals surface area contributed by atoms with Crippen LogP contribution in [0.2, 0.25) is 0 Å². The fraction of sp³-hybridized carbons (Fsp3) is 0.938. The van der Waals surface area contributed by atoms with E-state index >= 15 is 0 Å². The molecule has 492 valence electrons. The van der Waals surface area contributed by atoms with E-state index in [9.17, 15) is 43.2 Å². The van der Waals surface area contributed by atoms with Crippen LogP contribution < -0.4 is 0 Å². The lowest BCUT2D eigenvalue weighted by Crippen LogP contribution is -2.30. The number of ether oxygens (including phenoxy) is 4. The first kappa shape index (κ1) is 81.1. The van der Waals surface area contributed by atoms with E-state index in [2.05, 4.69) is 34.6 Å². The minimum atomic E-state index is -4.94. The Kier molecular flexibility index (Phi) is 56.4. The number of aliphatic hydroxyl groups excluding tert-OH is 1. The van der Waals surface area contributed by atoms with Gasteiger partial charge in [0.2, 0.25) is 0 Å². The maximum Gasteiger partial charge on any atom is 0.472 e. The Balaban J connectivity index is 5.13. The molecule has 0 spiro atoms. The van der Waals surface area contributed by atoms with E-state index in [0.717, 1.165) is 115 Å². The topological polar surface area (TPSA) is 237 Å². The van der Waals surface area contributed by atoms with E-state index in [4.69, 9.17) is 37.0 Å². The molecule has 5 atom stereocenters. The molecule has 0 aliphatic heterocycles. The second kappa shape index (κ2) is 57.8. The fourth-order valence-electron chi connectivity index (χ4n) is 9.58. The van der Waals surface area contributed by atoms with Crippen molar-refractivity contribution in [1.82, 2.24) is 0 Å². The maximum absolute atomic E-state index is 13.0. The summed E-state index contributed by atoms with van der Waals surface area (Å²) in [6.07, 6.45) is 42.2. The smallest absolute Gasteiger partial charge is 0.462 e. The van der Waals surface area contributed by atoms with Crippen LogP contribution in [-0.2, 0) is 65.4 Å². The van der Waals surface area contributed by atoms with Gasteiger partial charge in [0, 0.05) is 25.7 Å². The highest BCUT2D eigenvalue weighted by Crippen LogP contribution is 2.45. The van der Waals surface area contributed by atoms with Crippen molar-refractivity contribution < 1.29 is 80.2 Å². The lowest BCUT2D eigenvalue weighted by Gasteiger charge is -2.21. The molecule has 0 aliphatic rings. The first-order chi connectivity index (χ1) is 40.0. The molecule has 0 radical (unpaired) electrons. The van der Waals surface area contributed by atoms with Crippen LogP contribution in [0, 0.1) is 5.92 Å². The highest BCUT2D eigenvalue weighted by atomic mass is 31.2. The Bertz CT molecular complexity index is 1620. The first-order valence-electron chi connectivity index (χ1n) is 33.6. The molecule has 0 bridgehead atoms. The van der Waals surface area contributed by atoms with Gasteiger partial charge in [0.15, 0.2) is 12.2 Å². The van der Waals surface area contributed by atoms with Crippen LogP contribution in [0.4, 0.5) is 0 Å². The molecule has 3 N–H and O–H groups in total. The zero-order valence-electron chi connectivity index (χ0n) is 53.3. The van der Waals surface area contributed by atoms with E-state index in [1.807, 2.05) is 0 Å². The van der Waals surface area contributed by atoms with E-state index in [0.29, 0.717) is 25.7 Å². The summed E-state index contributed by atoms with van der Waals surface area (Å²) in [5.41, 5.74) is 0. The van der Waals surface area contributed by atoms with Crippen LogP contribution in [0.15, 0.2) is 0 Å². The largest absolute Gasteiger partial charge is 0.472 e. The van der Waals surface area contributed by atoms with Crippen molar-refractivity contribution >= 4 is 39.5 Å². The molecule has 0 aromatic heterocycles. The average Bonchev–Trinajstić information content (AvgIpc) is 3.47. The molecule has 0 fully saturated rings. The number of unbranched alkanes of at least 4 members (excludes halogenated alkanes) is 36. The van der Waals surface area contributed by atoms with Gasteiger partial charge >= 0.3 is 39.5 Å². The van der Waals surface area contributed by atoms with Crippen LogP contribution >= 0.6 is 15.6 Å². The van der Waals surface area contributed by atoms with Crippen molar-refractivity contribution in [1.29, 1.82) is 0 Å². The summed E-state index contributed by atoms with van der Waals surface area (Å²) in [7, 11) is -9.87. The maximum atomic E-state index is 13.0. The standard InChI is InChI=1S/C64H124O17P2/c1-6-9-12-15-17-18-19-20-24-27-30-34-38-43-48-62(67)75-54-60(81-64(69)50-45-40-35-31-28-25-22-21-23-26-29-33-37-41-46-57(4)5)56-79-83(72,73)77-52-58(65)51-76-82(70,71)78-55-59(53-74-61(66)47-42-36-14-11-8-3)80-63(68)49-44-39-32-16-13-10-7-2/h57-60,65H,6-56H2,1-5H3,(H,70,71)(H,72,73)/t58-,59+,60+/m0/s1. The predicted molar refractivity (Wildman–Crippen MR) is 331 cm³/mol. The van der Waals surface area contributed by atoms with Gasteiger partial charge in [0.05, 0.1) is 26.4 Å². The van der Waals surface area contributed by atoms with Gasteiger partial charge in [0.1, 0.15) is 19.3 Å². The number of phosphoric acid groups is 2. The van der Waals surface area contributed by atoms with Gasteiger partial charge in [-0.05, 0) is 31.6 Å². The molecule has 19 heteroatoms. The average molecular weight is 1230 g/mol. The molecule has 83 heavy (non-hydrogen) atoms. The number of hydrogen-bond acceptors (Lipinski definition) is 15. The van der Waals surface area contributed by atoms with E-state index in [-0.39, 0.29) is 25.7 Å². The van der Waals surface area contributed by atoms with Gasteiger partial charge in [-0.3, -0.25) is 37.3 Å². The van der Waals surface area contributed by atoms with Crippen molar-refractivity contribution in [2.24, 2.45) is 5.92 Å². The highest BCUT2D eigenvalue weighted by molar-refractivity contribution is 7.47. The number of hydrogen-bond donors (Lipinski definition) is 3. The molecular weight excluding hydrogens is 1100 g/mol. The molecule has 0 aromatic carbocycles. The van der Waals surface area contributed by atoms with Crippen molar-refractivity contribution in [3.63, 3.8) is 0 Å². The van der Waals surface area contributed by atoms with Crippen molar-refractivity contribution in [2.45, 2.75) is 342 Å². The molecule has 0 aliphatic carbocycles. The summed E-state index contributed by atoms with van der Waals surface area (Å²) in [6, 6.07) is 0.